The Morgan fingerprint density at radius 2 is 1.57 bits per heavy atom. The number of esters is 4. The molecule has 1 aliphatic carbocycles. The van der Waals surface area contributed by atoms with Gasteiger partial charge in [-0.05, 0) is 61.1 Å². The Morgan fingerprint density at radius 3 is 2.09 bits per heavy atom. The zero-order chi connectivity index (χ0) is 33.6. The van der Waals surface area contributed by atoms with E-state index in [9.17, 15) is 29.5 Å². The topological polar surface area (TPSA) is 177 Å². The van der Waals surface area contributed by atoms with Crippen molar-refractivity contribution in [2.45, 2.75) is 89.7 Å². The van der Waals surface area contributed by atoms with E-state index < -0.39 is 60.7 Å². The molecule has 1 heterocycles. The summed E-state index contributed by atoms with van der Waals surface area (Å²) >= 11 is 0. The molecule has 0 bridgehead atoms. The summed E-state index contributed by atoms with van der Waals surface area (Å²) < 4.78 is 39.4. The number of benzene rings is 2. The molecule has 1 saturated carbocycles. The molecule has 1 aliphatic heterocycles. The summed E-state index contributed by atoms with van der Waals surface area (Å²) in [6.07, 6.45) is -3.95. The molecule has 2 aliphatic rings. The van der Waals surface area contributed by atoms with Crippen LogP contribution < -0.4 is 9.47 Å². The van der Waals surface area contributed by atoms with Gasteiger partial charge in [-0.2, -0.15) is 5.26 Å². The third-order valence-corrected chi connectivity index (χ3v) is 7.66. The molecule has 246 valence electrons. The fraction of sp³-hybridized carbons (Fsp3) is 0.485. The SMILES string of the molecule is COc1ccc(Cc2cc([C@]3(O)O[C@H](COC(C)=O)[C@@H](OC(C)=O)[C@H](OC(C)=O)[C@H]3OC(C)=O)c(OC3CCC3)cc2C#N)cc1. The molecular formula is C33H37NO12. The van der Waals surface area contributed by atoms with Crippen molar-refractivity contribution < 1.29 is 57.4 Å². The van der Waals surface area contributed by atoms with E-state index in [2.05, 4.69) is 6.07 Å². The molecule has 13 heteroatoms. The van der Waals surface area contributed by atoms with Crippen LogP contribution in [-0.2, 0) is 55.1 Å². The van der Waals surface area contributed by atoms with Gasteiger partial charge in [0, 0.05) is 27.7 Å². The number of nitriles is 1. The predicted octanol–water partition coefficient (Wildman–Crippen LogP) is 2.99. The van der Waals surface area contributed by atoms with E-state index in [4.69, 9.17) is 33.2 Å². The van der Waals surface area contributed by atoms with Gasteiger partial charge in [0.2, 0.25) is 11.9 Å². The molecule has 0 spiro atoms. The lowest BCUT2D eigenvalue weighted by Gasteiger charge is -2.49. The molecule has 0 amide bonds. The van der Waals surface area contributed by atoms with Crippen molar-refractivity contribution in [3.05, 3.63) is 58.7 Å². The number of methoxy groups -OCH3 is 1. The van der Waals surface area contributed by atoms with E-state index in [-0.39, 0.29) is 29.4 Å². The summed E-state index contributed by atoms with van der Waals surface area (Å²) in [6, 6.07) is 12.3. The highest BCUT2D eigenvalue weighted by Gasteiger charge is 2.61. The third-order valence-electron chi connectivity index (χ3n) is 7.66. The largest absolute Gasteiger partial charge is 0.497 e. The molecule has 0 radical (unpaired) electrons. The number of carbonyl (C=O) groups is 4. The zero-order valence-corrected chi connectivity index (χ0v) is 26.3. The van der Waals surface area contributed by atoms with Crippen molar-refractivity contribution in [3.63, 3.8) is 0 Å². The molecule has 2 aromatic carbocycles. The van der Waals surface area contributed by atoms with Crippen LogP contribution in [0, 0.1) is 11.3 Å². The maximum Gasteiger partial charge on any atom is 0.303 e. The van der Waals surface area contributed by atoms with Gasteiger partial charge in [0.1, 0.15) is 24.2 Å². The second-order valence-corrected chi connectivity index (χ2v) is 11.1. The summed E-state index contributed by atoms with van der Waals surface area (Å²) in [5.41, 5.74) is 1.48. The Balaban J connectivity index is 1.93. The highest BCUT2D eigenvalue weighted by Crippen LogP contribution is 2.46. The quantitative estimate of drug-likeness (QED) is 0.281. The van der Waals surface area contributed by atoms with Crippen molar-refractivity contribution in [2.75, 3.05) is 13.7 Å². The van der Waals surface area contributed by atoms with Crippen LogP contribution >= 0.6 is 0 Å². The van der Waals surface area contributed by atoms with E-state index in [1.807, 2.05) is 12.1 Å². The van der Waals surface area contributed by atoms with Crippen LogP contribution in [0.25, 0.3) is 0 Å². The Hall–Kier alpha value is -4.67. The summed E-state index contributed by atoms with van der Waals surface area (Å²) in [7, 11) is 1.55. The fourth-order valence-corrected chi connectivity index (χ4v) is 5.38. The molecule has 2 aromatic rings. The van der Waals surface area contributed by atoms with Crippen molar-refractivity contribution in [1.29, 1.82) is 5.26 Å². The highest BCUT2D eigenvalue weighted by atomic mass is 16.7. The predicted molar refractivity (Wildman–Crippen MR) is 157 cm³/mol. The molecule has 0 aromatic heterocycles. The van der Waals surface area contributed by atoms with E-state index in [0.717, 1.165) is 52.5 Å². The lowest BCUT2D eigenvalue weighted by Crippen LogP contribution is -2.66. The van der Waals surface area contributed by atoms with E-state index in [0.29, 0.717) is 11.3 Å². The monoisotopic (exact) mass is 639 g/mol. The van der Waals surface area contributed by atoms with Gasteiger partial charge in [0.15, 0.2) is 12.2 Å². The lowest BCUT2D eigenvalue weighted by molar-refractivity contribution is -0.360. The maximum absolute atomic E-state index is 12.6. The first kappa shape index (κ1) is 34.2. The Kier molecular flexibility index (Phi) is 10.9. The minimum Gasteiger partial charge on any atom is -0.497 e. The van der Waals surface area contributed by atoms with Gasteiger partial charge in [-0.15, -0.1) is 0 Å². The van der Waals surface area contributed by atoms with E-state index in [1.54, 1.807) is 19.2 Å². The van der Waals surface area contributed by atoms with Crippen LogP contribution in [0.2, 0.25) is 0 Å². The summed E-state index contributed by atoms with van der Waals surface area (Å²) in [4.78, 5) is 48.8. The number of hydrogen-bond acceptors (Lipinski definition) is 13. The second kappa shape index (κ2) is 14.6. The van der Waals surface area contributed by atoms with Gasteiger partial charge in [-0.3, -0.25) is 19.2 Å². The van der Waals surface area contributed by atoms with Crippen LogP contribution in [0.3, 0.4) is 0 Å². The van der Waals surface area contributed by atoms with Crippen LogP contribution in [0.5, 0.6) is 11.5 Å². The van der Waals surface area contributed by atoms with Gasteiger partial charge in [0.05, 0.1) is 30.4 Å². The van der Waals surface area contributed by atoms with Gasteiger partial charge in [-0.25, -0.2) is 0 Å². The number of carbonyl (C=O) groups excluding carboxylic acids is 4. The molecule has 4 rings (SSSR count). The van der Waals surface area contributed by atoms with Crippen molar-refractivity contribution in [2.24, 2.45) is 0 Å². The smallest absolute Gasteiger partial charge is 0.303 e. The number of nitrogens with zero attached hydrogens (tertiary/aromatic N) is 1. The Morgan fingerprint density at radius 1 is 0.935 bits per heavy atom. The van der Waals surface area contributed by atoms with Crippen molar-refractivity contribution in [3.8, 4) is 17.6 Å². The average Bonchev–Trinajstić information content (AvgIpc) is 2.97. The number of rotatable bonds is 11. The number of ether oxygens (including phenoxy) is 7. The lowest BCUT2D eigenvalue weighted by atomic mass is 9.85. The zero-order valence-electron chi connectivity index (χ0n) is 26.3. The van der Waals surface area contributed by atoms with Crippen molar-refractivity contribution in [1.82, 2.24) is 0 Å². The molecule has 2 fully saturated rings. The second-order valence-electron chi connectivity index (χ2n) is 11.1. The molecule has 46 heavy (non-hydrogen) atoms. The van der Waals surface area contributed by atoms with Crippen molar-refractivity contribution >= 4 is 23.9 Å². The van der Waals surface area contributed by atoms with E-state index >= 15 is 0 Å². The molecule has 0 unspecified atom stereocenters. The van der Waals surface area contributed by atoms with Crippen LogP contribution in [0.4, 0.5) is 0 Å². The first-order valence-electron chi connectivity index (χ1n) is 14.8. The minimum absolute atomic E-state index is 0.0422. The van der Waals surface area contributed by atoms with Crippen LogP contribution in [-0.4, -0.2) is 73.2 Å². The summed E-state index contributed by atoms with van der Waals surface area (Å²) in [5, 5.41) is 22.7. The molecular weight excluding hydrogens is 602 g/mol. The standard InChI is InChI=1S/C33H37NO12/c1-18(35)41-17-29-30(42-19(2)36)31(43-20(3)37)32(44-21(4)38)33(39,46-29)27-14-23(13-22-9-11-25(40-5)12-10-22)24(16-34)15-28(27)45-26-7-6-8-26/h9-12,14-15,26,29-32,39H,6-8,13,17H2,1-5H3/t29-,30-,31+,32-,33+/m1/s1. The summed E-state index contributed by atoms with van der Waals surface area (Å²) in [5.74, 6) is -5.15. The number of hydrogen-bond donors (Lipinski definition) is 1. The fourth-order valence-electron chi connectivity index (χ4n) is 5.38. The van der Waals surface area contributed by atoms with Crippen LogP contribution in [0.1, 0.15) is 69.2 Å². The average molecular weight is 640 g/mol. The molecule has 1 saturated heterocycles. The van der Waals surface area contributed by atoms with E-state index in [1.165, 1.54) is 12.1 Å². The van der Waals surface area contributed by atoms with Crippen LogP contribution in [0.15, 0.2) is 36.4 Å². The van der Waals surface area contributed by atoms with Gasteiger partial charge in [-0.1, -0.05) is 12.1 Å². The number of aliphatic hydroxyl groups is 1. The normalized spacial score (nSPS) is 24.0. The Bertz CT molecular complexity index is 1500. The molecule has 13 nitrogen and oxygen atoms in total. The first-order valence-corrected chi connectivity index (χ1v) is 14.8. The maximum atomic E-state index is 12.6. The molecule has 5 atom stereocenters. The minimum atomic E-state index is -2.63. The van der Waals surface area contributed by atoms with Gasteiger partial charge < -0.3 is 38.3 Å². The van der Waals surface area contributed by atoms with Gasteiger partial charge >= 0.3 is 23.9 Å². The summed E-state index contributed by atoms with van der Waals surface area (Å²) in [6.45, 7) is 3.89. The third kappa shape index (κ3) is 7.94. The molecule has 1 N–H and O–H groups in total. The Labute approximate surface area is 266 Å². The first-order chi connectivity index (χ1) is 21.8. The highest BCUT2D eigenvalue weighted by molar-refractivity contribution is 5.69. The van der Waals surface area contributed by atoms with Gasteiger partial charge in [0.25, 0.3) is 0 Å².